The van der Waals surface area contributed by atoms with Gasteiger partial charge >= 0.3 is 6.18 Å². The highest BCUT2D eigenvalue weighted by Gasteiger charge is 2.30. The molecule has 0 bridgehead atoms. The van der Waals surface area contributed by atoms with Gasteiger partial charge in [-0.1, -0.05) is 12.1 Å². The van der Waals surface area contributed by atoms with E-state index in [1.165, 1.54) is 29.5 Å². The van der Waals surface area contributed by atoms with E-state index in [1.807, 2.05) is 0 Å². The number of rotatable bonds is 5. The Morgan fingerprint density at radius 2 is 2.00 bits per heavy atom. The Morgan fingerprint density at radius 3 is 2.55 bits per heavy atom. The number of aromatic nitrogens is 3. The minimum Gasteiger partial charge on any atom is -0.350 e. The number of amides is 1. The molecule has 1 aromatic heterocycles. The SMILES string of the molecule is CC(NC(=O)CCn1cncn1)c1ccc(C(F)(F)F)cc1. The zero-order chi connectivity index (χ0) is 16.2. The van der Waals surface area contributed by atoms with Gasteiger partial charge in [-0.15, -0.1) is 0 Å². The molecule has 1 unspecified atom stereocenters. The van der Waals surface area contributed by atoms with Crippen LogP contribution >= 0.6 is 0 Å². The molecule has 0 spiro atoms. The second-order valence-electron chi connectivity index (χ2n) is 4.82. The number of benzene rings is 1. The largest absolute Gasteiger partial charge is 0.416 e. The summed E-state index contributed by atoms with van der Waals surface area (Å²) in [6, 6.07) is 4.38. The second-order valence-corrected chi connectivity index (χ2v) is 4.82. The Kier molecular flexibility index (Phi) is 4.79. The van der Waals surface area contributed by atoms with Crippen molar-refractivity contribution in [3.8, 4) is 0 Å². The van der Waals surface area contributed by atoms with Gasteiger partial charge in [0.05, 0.1) is 18.2 Å². The Balaban J connectivity index is 1.88. The highest BCUT2D eigenvalue weighted by Crippen LogP contribution is 2.29. The van der Waals surface area contributed by atoms with Crippen molar-refractivity contribution in [3.63, 3.8) is 0 Å². The van der Waals surface area contributed by atoms with Gasteiger partial charge in [0.15, 0.2) is 0 Å². The molecule has 1 N–H and O–H groups in total. The predicted octanol–water partition coefficient (Wildman–Crippen LogP) is 2.56. The molecule has 8 heteroatoms. The molecule has 0 radical (unpaired) electrons. The quantitative estimate of drug-likeness (QED) is 0.923. The first-order valence-electron chi connectivity index (χ1n) is 6.65. The third-order valence-corrected chi connectivity index (χ3v) is 3.15. The minimum absolute atomic E-state index is 0.206. The van der Waals surface area contributed by atoms with Crippen LogP contribution in [0.2, 0.25) is 0 Å². The van der Waals surface area contributed by atoms with E-state index in [4.69, 9.17) is 0 Å². The van der Waals surface area contributed by atoms with Gasteiger partial charge in [-0.3, -0.25) is 9.48 Å². The summed E-state index contributed by atoms with van der Waals surface area (Å²) in [4.78, 5) is 15.6. The molecule has 0 aliphatic rings. The normalized spacial score (nSPS) is 12.9. The molecule has 22 heavy (non-hydrogen) atoms. The number of hydrogen-bond acceptors (Lipinski definition) is 3. The van der Waals surface area contributed by atoms with Gasteiger partial charge in [0.25, 0.3) is 0 Å². The lowest BCUT2D eigenvalue weighted by atomic mass is 10.1. The van der Waals surface area contributed by atoms with Gasteiger partial charge in [0.1, 0.15) is 12.7 Å². The van der Waals surface area contributed by atoms with Crippen molar-refractivity contribution >= 4 is 5.91 Å². The van der Waals surface area contributed by atoms with E-state index >= 15 is 0 Å². The maximum Gasteiger partial charge on any atom is 0.416 e. The molecule has 0 aliphatic heterocycles. The monoisotopic (exact) mass is 312 g/mol. The van der Waals surface area contributed by atoms with Gasteiger partial charge in [-0.05, 0) is 24.6 Å². The van der Waals surface area contributed by atoms with Crippen molar-refractivity contribution in [2.45, 2.75) is 32.1 Å². The molecule has 0 saturated carbocycles. The van der Waals surface area contributed by atoms with Crippen LogP contribution in [0.25, 0.3) is 0 Å². The minimum atomic E-state index is -4.36. The maximum absolute atomic E-state index is 12.5. The standard InChI is InChI=1S/C14H15F3N4O/c1-10(11-2-4-12(5-3-11)14(15,16)17)20-13(22)6-7-21-9-18-8-19-21/h2-5,8-10H,6-7H2,1H3,(H,20,22). The molecular formula is C14H15F3N4O. The first kappa shape index (κ1) is 16.0. The highest BCUT2D eigenvalue weighted by atomic mass is 19.4. The van der Waals surface area contributed by atoms with Crippen LogP contribution in [0, 0.1) is 0 Å². The molecule has 0 fully saturated rings. The maximum atomic E-state index is 12.5. The van der Waals surface area contributed by atoms with E-state index in [1.54, 1.807) is 6.92 Å². The molecular weight excluding hydrogens is 297 g/mol. The first-order valence-corrected chi connectivity index (χ1v) is 6.65. The van der Waals surface area contributed by atoms with E-state index in [-0.39, 0.29) is 18.4 Å². The third-order valence-electron chi connectivity index (χ3n) is 3.15. The summed E-state index contributed by atoms with van der Waals surface area (Å²) in [6.45, 7) is 2.11. The van der Waals surface area contributed by atoms with Crippen LogP contribution in [0.4, 0.5) is 13.2 Å². The van der Waals surface area contributed by atoms with E-state index < -0.39 is 11.7 Å². The first-order chi connectivity index (χ1) is 10.4. The predicted molar refractivity (Wildman–Crippen MR) is 72.6 cm³/mol. The van der Waals surface area contributed by atoms with Crippen LogP contribution in [0.15, 0.2) is 36.9 Å². The van der Waals surface area contributed by atoms with Crippen LogP contribution in [0.3, 0.4) is 0 Å². The fourth-order valence-electron chi connectivity index (χ4n) is 1.92. The molecule has 0 saturated heterocycles. The molecule has 118 valence electrons. The Labute approximate surface area is 125 Å². The lowest BCUT2D eigenvalue weighted by Crippen LogP contribution is -2.27. The molecule has 2 aromatic rings. The zero-order valence-electron chi connectivity index (χ0n) is 11.8. The number of carbonyl (C=O) groups is 1. The van der Waals surface area contributed by atoms with Gasteiger partial charge in [-0.2, -0.15) is 18.3 Å². The van der Waals surface area contributed by atoms with E-state index in [9.17, 15) is 18.0 Å². The number of nitrogens with one attached hydrogen (secondary N) is 1. The Morgan fingerprint density at radius 1 is 1.32 bits per heavy atom. The lowest BCUT2D eigenvalue weighted by molar-refractivity contribution is -0.137. The summed E-state index contributed by atoms with van der Waals surface area (Å²) >= 11 is 0. The van der Waals surface area contributed by atoms with Crippen molar-refractivity contribution in [3.05, 3.63) is 48.0 Å². The number of alkyl halides is 3. The number of aryl methyl sites for hydroxylation is 1. The summed E-state index contributed by atoms with van der Waals surface area (Å²) < 4.78 is 39.0. The number of hydrogen-bond donors (Lipinski definition) is 1. The van der Waals surface area contributed by atoms with E-state index in [0.717, 1.165) is 12.1 Å². The van der Waals surface area contributed by atoms with Crippen molar-refractivity contribution in [2.75, 3.05) is 0 Å². The van der Waals surface area contributed by atoms with Crippen molar-refractivity contribution in [2.24, 2.45) is 0 Å². The fraction of sp³-hybridized carbons (Fsp3) is 0.357. The van der Waals surface area contributed by atoms with Crippen molar-refractivity contribution in [1.82, 2.24) is 20.1 Å². The van der Waals surface area contributed by atoms with Gasteiger partial charge < -0.3 is 5.32 Å². The van der Waals surface area contributed by atoms with Crippen LogP contribution in [0.1, 0.15) is 30.5 Å². The lowest BCUT2D eigenvalue weighted by Gasteiger charge is -2.15. The van der Waals surface area contributed by atoms with Gasteiger partial charge in [-0.25, -0.2) is 4.98 Å². The molecule has 1 amide bonds. The van der Waals surface area contributed by atoms with Crippen LogP contribution in [-0.2, 0) is 17.5 Å². The summed E-state index contributed by atoms with van der Waals surface area (Å²) in [5, 5.41) is 6.61. The average Bonchev–Trinajstić information content (AvgIpc) is 2.97. The van der Waals surface area contributed by atoms with E-state index in [0.29, 0.717) is 12.1 Å². The van der Waals surface area contributed by atoms with Crippen molar-refractivity contribution < 1.29 is 18.0 Å². The molecule has 5 nitrogen and oxygen atoms in total. The summed E-state index contributed by atoms with van der Waals surface area (Å²) in [5.74, 6) is -0.206. The van der Waals surface area contributed by atoms with Crippen LogP contribution in [0.5, 0.6) is 0 Å². The molecule has 2 rings (SSSR count). The zero-order valence-corrected chi connectivity index (χ0v) is 11.8. The van der Waals surface area contributed by atoms with Crippen LogP contribution in [-0.4, -0.2) is 20.7 Å². The van der Waals surface area contributed by atoms with Gasteiger partial charge in [0.2, 0.25) is 5.91 Å². The fourth-order valence-corrected chi connectivity index (χ4v) is 1.92. The molecule has 1 aromatic carbocycles. The number of carbonyl (C=O) groups excluding carboxylic acids is 1. The smallest absolute Gasteiger partial charge is 0.350 e. The Bertz CT molecular complexity index is 608. The topological polar surface area (TPSA) is 59.8 Å². The van der Waals surface area contributed by atoms with Crippen molar-refractivity contribution in [1.29, 1.82) is 0 Å². The second kappa shape index (κ2) is 6.59. The number of halogens is 3. The van der Waals surface area contributed by atoms with E-state index in [2.05, 4.69) is 15.4 Å². The van der Waals surface area contributed by atoms with Crippen LogP contribution < -0.4 is 5.32 Å². The molecule has 1 heterocycles. The van der Waals surface area contributed by atoms with Gasteiger partial charge in [0, 0.05) is 6.42 Å². The summed E-state index contributed by atoms with van der Waals surface area (Å²) in [6.07, 6.45) is -1.26. The third kappa shape index (κ3) is 4.31. The highest BCUT2D eigenvalue weighted by molar-refractivity contribution is 5.76. The summed E-state index contributed by atoms with van der Waals surface area (Å²) in [7, 11) is 0. The Hall–Kier alpha value is -2.38. The number of nitrogens with zero attached hydrogens (tertiary/aromatic N) is 3. The molecule has 0 aliphatic carbocycles. The average molecular weight is 312 g/mol. The molecule has 1 atom stereocenters. The summed E-state index contributed by atoms with van der Waals surface area (Å²) in [5.41, 5.74) is -0.0944.